The lowest BCUT2D eigenvalue weighted by molar-refractivity contribution is -0.120. The van der Waals surface area contributed by atoms with E-state index < -0.39 is 0 Å². The van der Waals surface area contributed by atoms with Crippen LogP contribution in [0.5, 0.6) is 0 Å². The summed E-state index contributed by atoms with van der Waals surface area (Å²) in [5.74, 6) is 1.35. The van der Waals surface area contributed by atoms with Gasteiger partial charge in [-0.25, -0.2) is 5.43 Å². The fourth-order valence-electron chi connectivity index (χ4n) is 4.31. The quantitative estimate of drug-likeness (QED) is 0.527. The predicted octanol–water partition coefficient (Wildman–Crippen LogP) is 0.702. The normalized spacial score (nSPS) is 26.9. The minimum Gasteiger partial charge on any atom is -0.368 e. The zero-order valence-electron chi connectivity index (χ0n) is 15.2. The molecule has 4 atom stereocenters. The van der Waals surface area contributed by atoms with Crippen LogP contribution in [-0.2, 0) is 4.79 Å². The Hall–Kier alpha value is -3.04. The minimum atomic E-state index is -0.326. The number of anilines is 1. The van der Waals surface area contributed by atoms with E-state index in [-0.39, 0.29) is 30.0 Å². The Bertz CT molecular complexity index is 1000. The van der Waals surface area contributed by atoms with Crippen LogP contribution in [0.1, 0.15) is 19.3 Å². The summed E-state index contributed by atoms with van der Waals surface area (Å²) in [6.45, 7) is 0. The topological polar surface area (TPSA) is 122 Å². The number of hydrogen-bond acceptors (Lipinski definition) is 7. The summed E-state index contributed by atoms with van der Waals surface area (Å²) in [6, 6.07) is 13.9. The highest BCUT2D eigenvalue weighted by molar-refractivity contribution is 5.80. The Morgan fingerprint density at radius 3 is 2.79 bits per heavy atom. The molecule has 1 amide bonds. The van der Waals surface area contributed by atoms with E-state index in [1.165, 1.54) is 0 Å². The highest BCUT2D eigenvalue weighted by Gasteiger charge is 2.42. The summed E-state index contributed by atoms with van der Waals surface area (Å²) < 4.78 is 1.76. The van der Waals surface area contributed by atoms with Gasteiger partial charge in [-0.1, -0.05) is 30.3 Å². The lowest BCUT2D eigenvalue weighted by Crippen LogP contribution is -2.44. The van der Waals surface area contributed by atoms with Crippen molar-refractivity contribution in [1.29, 1.82) is 0 Å². The molecule has 2 aliphatic rings. The number of fused-ring (bicyclic) bond motifs is 2. The van der Waals surface area contributed by atoms with Crippen molar-refractivity contribution in [3.63, 3.8) is 0 Å². The highest BCUT2D eigenvalue weighted by atomic mass is 16.1. The first-order chi connectivity index (χ1) is 13.7. The first-order valence-corrected chi connectivity index (χ1v) is 9.54. The van der Waals surface area contributed by atoms with Crippen LogP contribution >= 0.6 is 0 Å². The van der Waals surface area contributed by atoms with Crippen molar-refractivity contribution in [3.05, 3.63) is 42.5 Å². The number of nitrogens with zero attached hydrogens (tertiary/aromatic N) is 4. The molecule has 0 spiro atoms. The largest absolute Gasteiger partial charge is 0.368 e. The monoisotopic (exact) mass is 378 g/mol. The molecule has 1 aliphatic heterocycles. The van der Waals surface area contributed by atoms with Crippen LogP contribution < -0.4 is 21.9 Å². The summed E-state index contributed by atoms with van der Waals surface area (Å²) in [5.41, 5.74) is 13.4. The van der Waals surface area contributed by atoms with Crippen LogP contribution in [0.3, 0.4) is 0 Å². The van der Waals surface area contributed by atoms with Gasteiger partial charge in [0.1, 0.15) is 11.9 Å². The lowest BCUT2D eigenvalue weighted by Gasteiger charge is -2.33. The summed E-state index contributed by atoms with van der Waals surface area (Å²) in [4.78, 5) is 11.7. The summed E-state index contributed by atoms with van der Waals surface area (Å²) in [5, 5.41) is 16.7. The van der Waals surface area contributed by atoms with Crippen LogP contribution in [0.15, 0.2) is 42.5 Å². The van der Waals surface area contributed by atoms with E-state index in [2.05, 4.69) is 26.4 Å². The molecule has 9 heteroatoms. The number of primary amides is 1. The molecule has 3 heterocycles. The first kappa shape index (κ1) is 17.1. The molecule has 3 aromatic rings. The molecule has 0 bridgehead atoms. The van der Waals surface area contributed by atoms with Gasteiger partial charge in [-0.15, -0.1) is 15.3 Å². The summed E-state index contributed by atoms with van der Waals surface area (Å²) >= 11 is 0. The molecule has 144 valence electrons. The van der Waals surface area contributed by atoms with Gasteiger partial charge in [-0.2, -0.15) is 4.52 Å². The van der Waals surface area contributed by atoms with Gasteiger partial charge in [0.25, 0.3) is 0 Å². The van der Waals surface area contributed by atoms with Crippen LogP contribution in [0, 0.1) is 5.92 Å². The van der Waals surface area contributed by atoms with Crippen LogP contribution in [0.4, 0.5) is 5.82 Å². The zero-order chi connectivity index (χ0) is 19.1. The number of nitrogens with one attached hydrogen (secondary N) is 3. The second kappa shape index (κ2) is 6.84. The molecular formula is C19H22N8O. The Labute approximate surface area is 161 Å². The molecule has 4 unspecified atom stereocenters. The molecule has 1 aromatic carbocycles. The van der Waals surface area contributed by atoms with E-state index in [1.807, 2.05) is 42.5 Å². The maximum atomic E-state index is 11.7. The van der Waals surface area contributed by atoms with Gasteiger partial charge in [-0.3, -0.25) is 10.2 Å². The second-order valence-electron chi connectivity index (χ2n) is 7.47. The third kappa shape index (κ3) is 2.98. The van der Waals surface area contributed by atoms with Gasteiger partial charge in [0.05, 0.1) is 0 Å². The SMILES string of the molecule is NC(=O)C1NNC2CCC(Nc3ccc4nnc(-c5ccccc5)n4n3)CC21. The Kier molecular flexibility index (Phi) is 4.18. The average Bonchev–Trinajstić information content (AvgIpc) is 3.32. The second-order valence-corrected chi connectivity index (χ2v) is 7.47. The molecule has 2 aromatic heterocycles. The number of nitrogens with two attached hydrogens (primary N) is 1. The maximum absolute atomic E-state index is 11.7. The maximum Gasteiger partial charge on any atom is 0.236 e. The Morgan fingerprint density at radius 1 is 1.11 bits per heavy atom. The van der Waals surface area contributed by atoms with Crippen LogP contribution in [0.2, 0.25) is 0 Å². The number of amides is 1. The number of hydrogen-bond donors (Lipinski definition) is 4. The smallest absolute Gasteiger partial charge is 0.236 e. The zero-order valence-corrected chi connectivity index (χ0v) is 15.2. The van der Waals surface area contributed by atoms with Crippen molar-refractivity contribution >= 4 is 17.4 Å². The molecule has 1 saturated carbocycles. The van der Waals surface area contributed by atoms with Crippen molar-refractivity contribution < 1.29 is 4.79 Å². The fourth-order valence-corrected chi connectivity index (χ4v) is 4.31. The van der Waals surface area contributed by atoms with Gasteiger partial charge in [0, 0.05) is 23.6 Å². The van der Waals surface area contributed by atoms with Crippen molar-refractivity contribution in [1.82, 2.24) is 30.7 Å². The molecule has 5 rings (SSSR count). The van der Waals surface area contributed by atoms with E-state index in [1.54, 1.807) is 4.52 Å². The van der Waals surface area contributed by atoms with E-state index in [0.29, 0.717) is 11.5 Å². The summed E-state index contributed by atoms with van der Waals surface area (Å²) in [7, 11) is 0. The van der Waals surface area contributed by atoms with E-state index in [9.17, 15) is 4.79 Å². The third-order valence-electron chi connectivity index (χ3n) is 5.71. The van der Waals surface area contributed by atoms with Crippen molar-refractivity contribution in [3.8, 4) is 11.4 Å². The number of carbonyl (C=O) groups excluding carboxylic acids is 1. The predicted molar refractivity (Wildman–Crippen MR) is 104 cm³/mol. The lowest BCUT2D eigenvalue weighted by atomic mass is 9.79. The molecule has 5 N–H and O–H groups in total. The number of aromatic nitrogens is 4. The average molecular weight is 378 g/mol. The number of benzene rings is 1. The first-order valence-electron chi connectivity index (χ1n) is 9.54. The van der Waals surface area contributed by atoms with Gasteiger partial charge in [-0.05, 0) is 31.4 Å². The summed E-state index contributed by atoms with van der Waals surface area (Å²) in [6.07, 6.45) is 2.82. The highest BCUT2D eigenvalue weighted by Crippen LogP contribution is 2.32. The number of rotatable bonds is 4. The Morgan fingerprint density at radius 2 is 1.96 bits per heavy atom. The molecule has 1 saturated heterocycles. The molecule has 9 nitrogen and oxygen atoms in total. The minimum absolute atomic E-state index is 0.183. The van der Waals surface area contributed by atoms with Gasteiger partial charge < -0.3 is 11.1 Å². The van der Waals surface area contributed by atoms with E-state index >= 15 is 0 Å². The Balaban J connectivity index is 1.38. The molecular weight excluding hydrogens is 356 g/mol. The molecule has 2 fully saturated rings. The van der Waals surface area contributed by atoms with E-state index in [4.69, 9.17) is 10.8 Å². The van der Waals surface area contributed by atoms with Gasteiger partial charge in [0.2, 0.25) is 5.91 Å². The van der Waals surface area contributed by atoms with E-state index in [0.717, 1.165) is 30.6 Å². The number of carbonyl (C=O) groups is 1. The number of hydrazine groups is 1. The van der Waals surface area contributed by atoms with Crippen molar-refractivity contribution in [2.24, 2.45) is 11.7 Å². The molecule has 28 heavy (non-hydrogen) atoms. The fraction of sp³-hybridized carbons (Fsp3) is 0.368. The van der Waals surface area contributed by atoms with Crippen LogP contribution in [-0.4, -0.2) is 43.8 Å². The van der Waals surface area contributed by atoms with Crippen LogP contribution in [0.25, 0.3) is 17.0 Å². The third-order valence-corrected chi connectivity index (χ3v) is 5.71. The van der Waals surface area contributed by atoms with Gasteiger partial charge in [0.15, 0.2) is 11.5 Å². The van der Waals surface area contributed by atoms with Crippen molar-refractivity contribution in [2.45, 2.75) is 37.4 Å². The molecule has 0 radical (unpaired) electrons. The van der Waals surface area contributed by atoms with Crippen molar-refractivity contribution in [2.75, 3.05) is 5.32 Å². The van der Waals surface area contributed by atoms with Gasteiger partial charge >= 0.3 is 0 Å². The molecule has 1 aliphatic carbocycles. The standard InChI is InChI=1S/C19H22N8O/c20-18(28)17-13-10-12(6-7-14(13)22-24-17)21-15-8-9-16-23-25-19(27(16)26-15)11-4-2-1-3-5-11/h1-5,8-9,12-14,17,22,24H,6-7,10H2,(H2,20,28)(H,21,26).